The van der Waals surface area contributed by atoms with Crippen LogP contribution in [0.25, 0.3) is 10.8 Å². The normalized spacial score (nSPS) is 10.5. The van der Waals surface area contributed by atoms with E-state index in [9.17, 15) is 4.79 Å². The molecule has 0 aliphatic carbocycles. The highest BCUT2D eigenvalue weighted by molar-refractivity contribution is 5.96. The highest BCUT2D eigenvalue weighted by Gasteiger charge is 2.15. The molecule has 2 aromatic carbocycles. The smallest absolute Gasteiger partial charge is 0.362 e. The predicted molar refractivity (Wildman–Crippen MR) is 108 cm³/mol. The molecule has 0 saturated carbocycles. The van der Waals surface area contributed by atoms with Gasteiger partial charge in [-0.25, -0.2) is 9.78 Å². The fourth-order valence-electron chi connectivity index (χ4n) is 2.84. The molecular weight excluding hydrogens is 368 g/mol. The van der Waals surface area contributed by atoms with Crippen molar-refractivity contribution in [1.29, 1.82) is 0 Å². The van der Waals surface area contributed by atoms with Crippen molar-refractivity contribution in [1.82, 2.24) is 9.97 Å². The molecule has 0 amide bonds. The van der Waals surface area contributed by atoms with Gasteiger partial charge in [0.25, 0.3) is 0 Å². The number of fused-ring (bicyclic) bond motifs is 1. The van der Waals surface area contributed by atoms with Gasteiger partial charge in [-0.2, -0.15) is 0 Å². The standard InChI is InChI=1S/C23H18N2O4/c1-27-22-20-5-3-2-4-17(20)14-21(25-22)23(26)29-19-8-6-18(7-9-19)28-15-16-10-12-24-13-11-16/h2-14H,15H2,1H3. The summed E-state index contributed by atoms with van der Waals surface area (Å²) in [7, 11) is 1.52. The van der Waals surface area contributed by atoms with E-state index >= 15 is 0 Å². The molecule has 4 rings (SSSR count). The average molecular weight is 386 g/mol. The lowest BCUT2D eigenvalue weighted by molar-refractivity contribution is 0.0727. The molecule has 0 saturated heterocycles. The van der Waals surface area contributed by atoms with Crippen molar-refractivity contribution in [3.05, 3.63) is 90.4 Å². The molecule has 6 heteroatoms. The zero-order valence-corrected chi connectivity index (χ0v) is 15.7. The van der Waals surface area contributed by atoms with Gasteiger partial charge in [0.05, 0.1) is 7.11 Å². The van der Waals surface area contributed by atoms with Crippen LogP contribution in [0.3, 0.4) is 0 Å². The number of carbonyl (C=O) groups is 1. The minimum Gasteiger partial charge on any atom is -0.489 e. The fraction of sp³-hybridized carbons (Fsp3) is 0.0870. The Balaban J connectivity index is 1.45. The summed E-state index contributed by atoms with van der Waals surface area (Å²) in [6, 6.07) is 19.9. The number of ether oxygens (including phenoxy) is 3. The monoisotopic (exact) mass is 386 g/mol. The zero-order chi connectivity index (χ0) is 20.1. The maximum atomic E-state index is 12.5. The summed E-state index contributed by atoms with van der Waals surface area (Å²) >= 11 is 0. The molecular formula is C23H18N2O4. The van der Waals surface area contributed by atoms with E-state index in [1.165, 1.54) is 7.11 Å². The van der Waals surface area contributed by atoms with Crippen LogP contribution in [0.4, 0.5) is 0 Å². The second-order valence-corrected chi connectivity index (χ2v) is 6.24. The molecule has 0 radical (unpaired) electrons. The summed E-state index contributed by atoms with van der Waals surface area (Å²) in [5.74, 6) is 0.904. The summed E-state index contributed by atoms with van der Waals surface area (Å²) in [5.41, 5.74) is 1.20. The maximum absolute atomic E-state index is 12.5. The molecule has 0 spiro atoms. The Kier molecular flexibility index (Phi) is 5.33. The quantitative estimate of drug-likeness (QED) is 0.360. The van der Waals surface area contributed by atoms with Crippen LogP contribution in [0.1, 0.15) is 16.1 Å². The fourth-order valence-corrected chi connectivity index (χ4v) is 2.84. The van der Waals surface area contributed by atoms with Crippen LogP contribution in [0, 0.1) is 0 Å². The molecule has 29 heavy (non-hydrogen) atoms. The number of rotatable bonds is 6. The van der Waals surface area contributed by atoms with Crippen molar-refractivity contribution in [2.75, 3.05) is 7.11 Å². The van der Waals surface area contributed by atoms with Gasteiger partial charge in [-0.3, -0.25) is 4.98 Å². The lowest BCUT2D eigenvalue weighted by Crippen LogP contribution is -2.11. The summed E-state index contributed by atoms with van der Waals surface area (Å²) < 4.78 is 16.5. The predicted octanol–water partition coefficient (Wildman–Crippen LogP) is 4.44. The van der Waals surface area contributed by atoms with Gasteiger partial charge in [0.2, 0.25) is 5.88 Å². The summed E-state index contributed by atoms with van der Waals surface area (Å²) in [6.45, 7) is 0.433. The van der Waals surface area contributed by atoms with Crippen LogP contribution >= 0.6 is 0 Å². The van der Waals surface area contributed by atoms with E-state index in [4.69, 9.17) is 14.2 Å². The van der Waals surface area contributed by atoms with Gasteiger partial charge in [-0.1, -0.05) is 18.2 Å². The third kappa shape index (κ3) is 4.32. The Hall–Kier alpha value is -3.93. The first-order chi connectivity index (χ1) is 14.2. The number of benzene rings is 2. The van der Waals surface area contributed by atoms with E-state index in [0.717, 1.165) is 16.3 Å². The lowest BCUT2D eigenvalue weighted by Gasteiger charge is -2.09. The van der Waals surface area contributed by atoms with Gasteiger partial charge in [0, 0.05) is 17.8 Å². The van der Waals surface area contributed by atoms with Crippen molar-refractivity contribution in [3.63, 3.8) is 0 Å². The van der Waals surface area contributed by atoms with Gasteiger partial charge in [-0.15, -0.1) is 0 Å². The van der Waals surface area contributed by atoms with Gasteiger partial charge >= 0.3 is 5.97 Å². The van der Waals surface area contributed by atoms with E-state index in [-0.39, 0.29) is 5.69 Å². The molecule has 0 aliphatic heterocycles. The Morgan fingerprint density at radius 2 is 1.66 bits per heavy atom. The van der Waals surface area contributed by atoms with Crippen molar-refractivity contribution in [3.8, 4) is 17.4 Å². The van der Waals surface area contributed by atoms with Crippen molar-refractivity contribution in [2.45, 2.75) is 6.61 Å². The minimum absolute atomic E-state index is 0.179. The molecule has 0 atom stereocenters. The molecule has 144 valence electrons. The Morgan fingerprint density at radius 1 is 0.931 bits per heavy atom. The van der Waals surface area contributed by atoms with Crippen molar-refractivity contribution in [2.24, 2.45) is 0 Å². The summed E-state index contributed by atoms with van der Waals surface area (Å²) in [6.07, 6.45) is 3.44. The van der Waals surface area contributed by atoms with Crippen LogP contribution in [0.2, 0.25) is 0 Å². The largest absolute Gasteiger partial charge is 0.489 e. The molecule has 6 nitrogen and oxygen atoms in total. The number of hydrogen-bond acceptors (Lipinski definition) is 6. The molecule has 0 aliphatic rings. The second kappa shape index (κ2) is 8.39. The number of carbonyl (C=O) groups excluding carboxylic acids is 1. The average Bonchev–Trinajstić information content (AvgIpc) is 2.78. The Morgan fingerprint density at radius 3 is 2.41 bits per heavy atom. The summed E-state index contributed by atoms with van der Waals surface area (Å²) in [4.78, 5) is 20.8. The zero-order valence-electron chi connectivity index (χ0n) is 15.7. The SMILES string of the molecule is COc1nc(C(=O)Oc2ccc(OCc3ccncc3)cc2)cc2ccccc12. The molecule has 0 unspecified atom stereocenters. The van der Waals surface area contributed by atoms with Crippen LogP contribution in [-0.4, -0.2) is 23.0 Å². The van der Waals surface area contributed by atoms with Gasteiger partial charge in [0.1, 0.15) is 18.1 Å². The third-order valence-electron chi connectivity index (χ3n) is 4.30. The van der Waals surface area contributed by atoms with E-state index in [1.54, 1.807) is 42.7 Å². The highest BCUT2D eigenvalue weighted by Crippen LogP contribution is 2.25. The Bertz CT molecular complexity index is 1130. The van der Waals surface area contributed by atoms with Crippen LogP contribution in [0.5, 0.6) is 17.4 Å². The Labute approximate surface area is 167 Å². The van der Waals surface area contributed by atoms with Crippen LogP contribution in [0.15, 0.2) is 79.1 Å². The lowest BCUT2D eigenvalue weighted by atomic mass is 10.1. The summed E-state index contributed by atoms with van der Waals surface area (Å²) in [5, 5.41) is 1.69. The van der Waals surface area contributed by atoms with E-state index in [0.29, 0.717) is 24.0 Å². The van der Waals surface area contributed by atoms with E-state index in [1.807, 2.05) is 36.4 Å². The number of methoxy groups -OCH3 is 1. The topological polar surface area (TPSA) is 70.5 Å². The first-order valence-electron chi connectivity index (χ1n) is 9.00. The second-order valence-electron chi connectivity index (χ2n) is 6.24. The van der Waals surface area contributed by atoms with Crippen LogP contribution in [-0.2, 0) is 6.61 Å². The first kappa shape index (κ1) is 18.4. The molecule has 0 N–H and O–H groups in total. The van der Waals surface area contributed by atoms with Crippen LogP contribution < -0.4 is 14.2 Å². The van der Waals surface area contributed by atoms with Gasteiger partial charge < -0.3 is 14.2 Å². The highest BCUT2D eigenvalue weighted by atomic mass is 16.5. The molecule has 4 aromatic rings. The van der Waals surface area contributed by atoms with E-state index in [2.05, 4.69) is 9.97 Å². The number of esters is 1. The number of pyridine rings is 2. The molecule has 0 fully saturated rings. The number of hydrogen-bond donors (Lipinski definition) is 0. The molecule has 2 heterocycles. The van der Waals surface area contributed by atoms with Gasteiger partial charge in [0.15, 0.2) is 5.69 Å². The first-order valence-corrected chi connectivity index (χ1v) is 9.00. The number of nitrogens with zero attached hydrogens (tertiary/aromatic N) is 2. The van der Waals surface area contributed by atoms with Crippen molar-refractivity contribution >= 4 is 16.7 Å². The van der Waals surface area contributed by atoms with Gasteiger partial charge in [-0.05, 0) is 59.5 Å². The third-order valence-corrected chi connectivity index (χ3v) is 4.30. The van der Waals surface area contributed by atoms with Crippen molar-refractivity contribution < 1.29 is 19.0 Å². The minimum atomic E-state index is -0.556. The van der Waals surface area contributed by atoms with E-state index < -0.39 is 5.97 Å². The molecule has 0 bridgehead atoms. The molecule has 2 aromatic heterocycles. The number of aromatic nitrogens is 2. The maximum Gasteiger partial charge on any atom is 0.362 e.